The van der Waals surface area contributed by atoms with E-state index < -0.39 is 11.4 Å². The fourth-order valence-electron chi connectivity index (χ4n) is 4.80. The van der Waals surface area contributed by atoms with Crippen molar-refractivity contribution in [3.05, 3.63) is 35.9 Å². The minimum Gasteiger partial charge on any atom is -0.481 e. The number of nitrogens with zero attached hydrogens (tertiary/aromatic N) is 2. The second kappa shape index (κ2) is 7.00. The summed E-state index contributed by atoms with van der Waals surface area (Å²) in [6, 6.07) is 9.76. The number of rotatable bonds is 3. The summed E-state index contributed by atoms with van der Waals surface area (Å²) in [5, 5.41) is 9.80. The van der Waals surface area contributed by atoms with E-state index >= 15 is 0 Å². The van der Waals surface area contributed by atoms with Crippen LogP contribution in [0.25, 0.3) is 0 Å². The molecule has 6 heteroatoms. The van der Waals surface area contributed by atoms with Crippen molar-refractivity contribution in [2.24, 2.45) is 11.3 Å². The van der Waals surface area contributed by atoms with Crippen LogP contribution in [0.5, 0.6) is 0 Å². The van der Waals surface area contributed by atoms with Gasteiger partial charge in [0, 0.05) is 44.4 Å². The van der Waals surface area contributed by atoms with Gasteiger partial charge in [-0.1, -0.05) is 18.2 Å². The minimum atomic E-state index is -0.741. The first kappa shape index (κ1) is 17.5. The maximum atomic E-state index is 12.6. The number of aliphatic carboxylic acids is 1. The van der Waals surface area contributed by atoms with Gasteiger partial charge in [0.05, 0.1) is 6.61 Å². The van der Waals surface area contributed by atoms with E-state index in [-0.39, 0.29) is 11.8 Å². The van der Waals surface area contributed by atoms with Gasteiger partial charge in [-0.05, 0) is 37.3 Å². The Balaban J connectivity index is 1.38. The van der Waals surface area contributed by atoms with Crippen LogP contribution in [0.1, 0.15) is 29.6 Å². The largest absolute Gasteiger partial charge is 0.481 e. The molecule has 0 aliphatic carbocycles. The van der Waals surface area contributed by atoms with Gasteiger partial charge < -0.3 is 14.7 Å². The molecule has 0 bridgehead atoms. The Labute approximate surface area is 153 Å². The summed E-state index contributed by atoms with van der Waals surface area (Å²) < 4.78 is 5.52. The first-order valence-electron chi connectivity index (χ1n) is 9.50. The summed E-state index contributed by atoms with van der Waals surface area (Å²) in [5.74, 6) is -0.450. The Hall–Kier alpha value is -1.92. The molecule has 4 rings (SSSR count). The number of hydrogen-bond acceptors (Lipinski definition) is 4. The van der Waals surface area contributed by atoms with Crippen LogP contribution in [0.2, 0.25) is 0 Å². The fourth-order valence-corrected chi connectivity index (χ4v) is 4.80. The van der Waals surface area contributed by atoms with Crippen LogP contribution in [-0.2, 0) is 9.53 Å². The Kier molecular flexibility index (Phi) is 4.71. The topological polar surface area (TPSA) is 70.1 Å². The summed E-state index contributed by atoms with van der Waals surface area (Å²) >= 11 is 0. The number of benzene rings is 1. The van der Waals surface area contributed by atoms with E-state index in [9.17, 15) is 14.7 Å². The molecule has 1 aromatic carbocycles. The predicted octanol–water partition coefficient (Wildman–Crippen LogP) is 1.71. The van der Waals surface area contributed by atoms with Crippen molar-refractivity contribution in [2.75, 3.05) is 39.4 Å². The van der Waals surface area contributed by atoms with Gasteiger partial charge in [0.1, 0.15) is 5.41 Å². The maximum Gasteiger partial charge on any atom is 0.313 e. The molecule has 3 fully saturated rings. The quantitative estimate of drug-likeness (QED) is 0.891. The van der Waals surface area contributed by atoms with Crippen molar-refractivity contribution >= 4 is 11.9 Å². The standard InChI is InChI=1S/C20H26N2O4/c23-18(15-4-2-1-3-5-15)21-9-6-17(7-10-21)22-12-16-8-11-26-14-20(16,13-22)19(24)25/h1-5,16-17H,6-14H2,(H,24,25)/t16-,20+/m0/s1. The van der Waals surface area contributed by atoms with Crippen LogP contribution in [0, 0.1) is 11.3 Å². The molecule has 0 unspecified atom stereocenters. The van der Waals surface area contributed by atoms with E-state index in [4.69, 9.17) is 4.74 Å². The van der Waals surface area contributed by atoms with Gasteiger partial charge in [-0.15, -0.1) is 0 Å². The molecule has 3 saturated heterocycles. The molecule has 1 N–H and O–H groups in total. The van der Waals surface area contributed by atoms with E-state index in [1.165, 1.54) is 0 Å². The molecular weight excluding hydrogens is 332 g/mol. The van der Waals surface area contributed by atoms with Crippen LogP contribution in [0.15, 0.2) is 30.3 Å². The van der Waals surface area contributed by atoms with Crippen molar-refractivity contribution in [1.82, 2.24) is 9.80 Å². The third-order valence-corrected chi connectivity index (χ3v) is 6.41. The summed E-state index contributed by atoms with van der Waals surface area (Å²) in [7, 11) is 0. The number of amides is 1. The van der Waals surface area contributed by atoms with Gasteiger partial charge in [0.15, 0.2) is 0 Å². The highest BCUT2D eigenvalue weighted by molar-refractivity contribution is 5.94. The number of carboxylic acid groups (broad SMARTS) is 1. The second-order valence-corrected chi connectivity index (χ2v) is 7.82. The average Bonchev–Trinajstić information content (AvgIpc) is 3.09. The van der Waals surface area contributed by atoms with Gasteiger partial charge in [0.25, 0.3) is 5.91 Å². The number of carboxylic acids is 1. The molecule has 3 aliphatic heterocycles. The average molecular weight is 358 g/mol. The van der Waals surface area contributed by atoms with Crippen LogP contribution in [0.3, 0.4) is 0 Å². The number of piperidine rings is 1. The Bertz CT molecular complexity index is 672. The molecule has 0 saturated carbocycles. The van der Waals surface area contributed by atoms with Crippen LogP contribution in [-0.4, -0.2) is 72.2 Å². The van der Waals surface area contributed by atoms with Crippen molar-refractivity contribution < 1.29 is 19.4 Å². The number of ether oxygens (including phenoxy) is 1. The van der Waals surface area contributed by atoms with Crippen LogP contribution in [0.4, 0.5) is 0 Å². The molecule has 3 aliphatic rings. The van der Waals surface area contributed by atoms with Crippen molar-refractivity contribution in [2.45, 2.75) is 25.3 Å². The van der Waals surface area contributed by atoms with E-state index in [2.05, 4.69) is 4.90 Å². The second-order valence-electron chi connectivity index (χ2n) is 7.82. The summed E-state index contributed by atoms with van der Waals surface area (Å²) in [5.41, 5.74) is -0.00461. The maximum absolute atomic E-state index is 12.6. The fraction of sp³-hybridized carbons (Fsp3) is 0.600. The zero-order valence-corrected chi connectivity index (χ0v) is 15.0. The first-order valence-corrected chi connectivity index (χ1v) is 9.50. The number of fused-ring (bicyclic) bond motifs is 1. The molecule has 3 heterocycles. The molecule has 26 heavy (non-hydrogen) atoms. The Morgan fingerprint density at radius 2 is 1.85 bits per heavy atom. The van der Waals surface area contributed by atoms with Crippen molar-refractivity contribution in [1.29, 1.82) is 0 Å². The van der Waals surface area contributed by atoms with Crippen molar-refractivity contribution in [3.63, 3.8) is 0 Å². The van der Waals surface area contributed by atoms with Crippen molar-refractivity contribution in [3.8, 4) is 0 Å². The highest BCUT2D eigenvalue weighted by Gasteiger charge is 2.55. The Morgan fingerprint density at radius 1 is 1.12 bits per heavy atom. The lowest BCUT2D eigenvalue weighted by atomic mass is 9.76. The van der Waals surface area contributed by atoms with Crippen LogP contribution >= 0.6 is 0 Å². The Morgan fingerprint density at radius 3 is 2.50 bits per heavy atom. The van der Waals surface area contributed by atoms with E-state index in [0.717, 1.165) is 44.5 Å². The predicted molar refractivity (Wildman–Crippen MR) is 95.9 cm³/mol. The highest BCUT2D eigenvalue weighted by atomic mass is 16.5. The normalized spacial score (nSPS) is 30.2. The van der Waals surface area contributed by atoms with Gasteiger partial charge in [-0.25, -0.2) is 0 Å². The number of likely N-dealkylation sites (tertiary alicyclic amines) is 2. The van der Waals surface area contributed by atoms with Gasteiger partial charge >= 0.3 is 5.97 Å². The summed E-state index contributed by atoms with van der Waals surface area (Å²) in [6.45, 7) is 3.87. The van der Waals surface area contributed by atoms with Gasteiger partial charge in [-0.3, -0.25) is 14.5 Å². The first-order chi connectivity index (χ1) is 12.6. The molecule has 0 radical (unpaired) electrons. The highest BCUT2D eigenvalue weighted by Crippen LogP contribution is 2.43. The molecule has 140 valence electrons. The molecule has 2 atom stereocenters. The number of carbonyl (C=O) groups is 2. The molecule has 0 aromatic heterocycles. The molecule has 1 aromatic rings. The number of hydrogen-bond donors (Lipinski definition) is 1. The summed E-state index contributed by atoms with van der Waals surface area (Å²) in [6.07, 6.45) is 2.64. The summed E-state index contributed by atoms with van der Waals surface area (Å²) in [4.78, 5) is 28.8. The third kappa shape index (κ3) is 3.01. The molecule has 0 spiro atoms. The lowest BCUT2D eigenvalue weighted by Crippen LogP contribution is -2.48. The van der Waals surface area contributed by atoms with Gasteiger partial charge in [0.2, 0.25) is 0 Å². The molecule has 6 nitrogen and oxygen atoms in total. The monoisotopic (exact) mass is 358 g/mol. The smallest absolute Gasteiger partial charge is 0.313 e. The van der Waals surface area contributed by atoms with E-state index in [1.54, 1.807) is 0 Å². The van der Waals surface area contributed by atoms with Crippen LogP contribution < -0.4 is 0 Å². The van der Waals surface area contributed by atoms with E-state index in [0.29, 0.717) is 25.8 Å². The number of carbonyl (C=O) groups excluding carboxylic acids is 1. The zero-order chi connectivity index (χ0) is 18.1. The van der Waals surface area contributed by atoms with Gasteiger partial charge in [-0.2, -0.15) is 0 Å². The molecular formula is C20H26N2O4. The SMILES string of the molecule is O=C(c1ccccc1)N1CCC(N2C[C@@H]3CCOC[C@]3(C(=O)O)C2)CC1. The molecule has 1 amide bonds. The third-order valence-electron chi connectivity index (χ3n) is 6.41. The lowest BCUT2D eigenvalue weighted by molar-refractivity contribution is -0.159. The minimum absolute atomic E-state index is 0.0922. The zero-order valence-electron chi connectivity index (χ0n) is 15.0. The lowest BCUT2D eigenvalue weighted by Gasteiger charge is -2.37. The van der Waals surface area contributed by atoms with E-state index in [1.807, 2.05) is 35.2 Å².